The van der Waals surface area contributed by atoms with Gasteiger partial charge in [0.2, 0.25) is 0 Å². The lowest BCUT2D eigenvalue weighted by Gasteiger charge is -2.04. The fraction of sp³-hybridized carbons (Fsp3) is 0.375. The monoisotopic (exact) mass is 375 g/mol. The molecule has 1 aromatic heterocycles. The van der Waals surface area contributed by atoms with Crippen molar-refractivity contribution in [3.63, 3.8) is 0 Å². The van der Waals surface area contributed by atoms with Crippen molar-refractivity contribution in [1.29, 1.82) is 0 Å². The molecule has 2 N–H and O–H groups in total. The van der Waals surface area contributed by atoms with Crippen molar-refractivity contribution in [2.45, 2.75) is 20.3 Å². The van der Waals surface area contributed by atoms with Crippen LogP contribution in [0.4, 0.5) is 0 Å². The number of aryl methyl sites for hydroxylation is 1. The maximum absolute atomic E-state index is 12.2. The highest BCUT2D eigenvalue weighted by Crippen LogP contribution is 2.27. The van der Waals surface area contributed by atoms with Gasteiger partial charge in [0.1, 0.15) is 9.88 Å². The van der Waals surface area contributed by atoms with Crippen LogP contribution in [0.3, 0.4) is 0 Å². The lowest BCUT2D eigenvalue weighted by molar-refractivity contribution is 0.0957. The van der Waals surface area contributed by atoms with E-state index in [1.165, 1.54) is 11.3 Å². The molecule has 0 saturated heterocycles. The number of thiazole rings is 1. The van der Waals surface area contributed by atoms with Gasteiger partial charge < -0.3 is 10.6 Å². The van der Waals surface area contributed by atoms with Gasteiger partial charge in [0, 0.05) is 18.7 Å². The molecule has 23 heavy (non-hydrogen) atoms. The minimum absolute atomic E-state index is 0. The van der Waals surface area contributed by atoms with Crippen molar-refractivity contribution in [2.75, 3.05) is 19.6 Å². The van der Waals surface area contributed by atoms with Crippen LogP contribution in [0.25, 0.3) is 10.6 Å². The maximum atomic E-state index is 12.2. The lowest BCUT2D eigenvalue weighted by atomic mass is 10.2. The van der Waals surface area contributed by atoms with Crippen LogP contribution in [-0.2, 0) is 0 Å². The summed E-state index contributed by atoms with van der Waals surface area (Å²) in [4.78, 5) is 17.4. The topological polar surface area (TPSA) is 54.0 Å². The third-order valence-corrected chi connectivity index (χ3v) is 4.24. The van der Waals surface area contributed by atoms with Crippen LogP contribution in [-0.4, -0.2) is 30.5 Å². The van der Waals surface area contributed by atoms with E-state index in [9.17, 15) is 4.79 Å². The van der Waals surface area contributed by atoms with Gasteiger partial charge in [0.15, 0.2) is 0 Å². The minimum Gasteiger partial charge on any atom is -0.350 e. The second-order valence-electron chi connectivity index (χ2n) is 4.81. The first-order valence-electron chi connectivity index (χ1n) is 7.24. The number of carbonyl (C=O) groups excluding carboxylic acids is 1. The zero-order valence-corrected chi connectivity index (χ0v) is 15.7. The number of halogens is 2. The van der Waals surface area contributed by atoms with Gasteiger partial charge >= 0.3 is 0 Å². The van der Waals surface area contributed by atoms with Crippen LogP contribution < -0.4 is 10.6 Å². The van der Waals surface area contributed by atoms with Crippen molar-refractivity contribution < 1.29 is 4.79 Å². The first-order valence-corrected chi connectivity index (χ1v) is 8.05. The van der Waals surface area contributed by atoms with Gasteiger partial charge in [-0.2, -0.15) is 0 Å². The molecule has 0 saturated carbocycles. The molecule has 2 aromatic rings. The fourth-order valence-electron chi connectivity index (χ4n) is 1.96. The second kappa shape index (κ2) is 11.4. The van der Waals surface area contributed by atoms with Crippen LogP contribution in [0.1, 0.15) is 28.7 Å². The largest absolute Gasteiger partial charge is 0.350 e. The molecule has 1 aromatic carbocycles. The summed E-state index contributed by atoms with van der Waals surface area (Å²) < 4.78 is 0. The van der Waals surface area contributed by atoms with E-state index in [4.69, 9.17) is 0 Å². The number of amides is 1. The van der Waals surface area contributed by atoms with E-state index < -0.39 is 0 Å². The first-order chi connectivity index (χ1) is 10.2. The van der Waals surface area contributed by atoms with Crippen molar-refractivity contribution in [3.05, 3.63) is 40.9 Å². The Kier molecular flexibility index (Phi) is 10.8. The van der Waals surface area contributed by atoms with Gasteiger partial charge in [0.05, 0.1) is 5.69 Å². The van der Waals surface area contributed by atoms with Crippen LogP contribution in [0, 0.1) is 6.92 Å². The van der Waals surface area contributed by atoms with Crippen molar-refractivity contribution in [2.24, 2.45) is 0 Å². The van der Waals surface area contributed by atoms with Gasteiger partial charge in [-0.1, -0.05) is 37.3 Å². The quantitative estimate of drug-likeness (QED) is 0.725. The van der Waals surface area contributed by atoms with Gasteiger partial charge in [-0.15, -0.1) is 36.2 Å². The molecule has 0 unspecified atom stereocenters. The predicted molar refractivity (Wildman–Crippen MR) is 102 cm³/mol. The molecule has 0 aliphatic heterocycles. The molecule has 0 spiro atoms. The summed E-state index contributed by atoms with van der Waals surface area (Å²) in [5.41, 5.74) is 1.84. The molecule has 0 radical (unpaired) electrons. The number of hydrogen-bond donors (Lipinski definition) is 2. The van der Waals surface area contributed by atoms with Gasteiger partial charge in [-0.3, -0.25) is 4.79 Å². The molecule has 1 heterocycles. The highest BCUT2D eigenvalue weighted by Gasteiger charge is 2.15. The fourth-order valence-corrected chi connectivity index (χ4v) is 2.95. The Labute approximate surface area is 153 Å². The Balaban J connectivity index is 0.00000242. The number of rotatable bonds is 7. The minimum atomic E-state index is -0.0366. The molecule has 4 nitrogen and oxygen atoms in total. The van der Waals surface area contributed by atoms with Crippen molar-refractivity contribution in [1.82, 2.24) is 15.6 Å². The Hall–Kier alpha value is -1.14. The zero-order valence-electron chi connectivity index (χ0n) is 13.3. The summed E-state index contributed by atoms with van der Waals surface area (Å²) in [7, 11) is 0. The van der Waals surface area contributed by atoms with E-state index in [0.29, 0.717) is 11.4 Å². The number of nitrogens with one attached hydrogen (secondary N) is 2. The standard InChI is InChI=1S/C16H21N3OS.2ClH/c1-3-9-17-10-11-18-15(20)14-12(2)19-16(21-14)13-7-5-4-6-8-13;;/h4-8,17H,3,9-11H2,1-2H3,(H,18,20);2*1H. The molecule has 1 amide bonds. The van der Waals surface area contributed by atoms with Gasteiger partial charge in [-0.25, -0.2) is 4.98 Å². The van der Waals surface area contributed by atoms with E-state index in [0.717, 1.165) is 35.8 Å². The maximum Gasteiger partial charge on any atom is 0.263 e. The Morgan fingerprint density at radius 3 is 2.48 bits per heavy atom. The normalized spacial score (nSPS) is 9.65. The van der Waals surface area contributed by atoms with Gasteiger partial charge in [-0.05, 0) is 19.9 Å². The highest BCUT2D eigenvalue weighted by atomic mass is 35.5. The number of nitrogens with zero attached hydrogens (tertiary/aromatic N) is 1. The molecule has 2 rings (SSSR count). The van der Waals surface area contributed by atoms with Crippen LogP contribution in [0.15, 0.2) is 30.3 Å². The third kappa shape index (κ3) is 6.47. The average molecular weight is 376 g/mol. The molecule has 0 bridgehead atoms. The number of benzene rings is 1. The number of hydrogen-bond acceptors (Lipinski definition) is 4. The summed E-state index contributed by atoms with van der Waals surface area (Å²) in [6.45, 7) is 6.41. The van der Waals surface area contributed by atoms with Crippen molar-refractivity contribution in [3.8, 4) is 10.6 Å². The van der Waals surface area contributed by atoms with E-state index in [-0.39, 0.29) is 30.7 Å². The molecular formula is C16H23Cl2N3OS. The Morgan fingerprint density at radius 1 is 1.13 bits per heavy atom. The van der Waals surface area contributed by atoms with Crippen LogP contribution >= 0.6 is 36.2 Å². The molecule has 0 aliphatic rings. The molecule has 0 atom stereocenters. The summed E-state index contributed by atoms with van der Waals surface area (Å²) in [6, 6.07) is 9.95. The smallest absolute Gasteiger partial charge is 0.263 e. The molecule has 0 fully saturated rings. The van der Waals surface area contributed by atoms with Crippen LogP contribution in [0.2, 0.25) is 0 Å². The van der Waals surface area contributed by atoms with E-state index >= 15 is 0 Å². The summed E-state index contributed by atoms with van der Waals surface area (Å²) >= 11 is 1.45. The average Bonchev–Trinajstić information content (AvgIpc) is 2.90. The SMILES string of the molecule is CCCNCCNC(=O)c1sc(-c2ccccc2)nc1C.Cl.Cl. The molecular weight excluding hydrogens is 353 g/mol. The summed E-state index contributed by atoms with van der Waals surface area (Å²) in [6.07, 6.45) is 1.10. The third-order valence-electron chi connectivity index (χ3n) is 3.04. The Bertz CT molecular complexity index is 590. The predicted octanol–water partition coefficient (Wildman–Crippen LogP) is 3.69. The lowest BCUT2D eigenvalue weighted by Crippen LogP contribution is -2.32. The zero-order chi connectivity index (χ0) is 15.1. The number of aromatic nitrogens is 1. The second-order valence-corrected chi connectivity index (χ2v) is 5.80. The highest BCUT2D eigenvalue weighted by molar-refractivity contribution is 7.17. The number of carbonyl (C=O) groups is 1. The van der Waals surface area contributed by atoms with E-state index in [2.05, 4.69) is 22.5 Å². The first kappa shape index (κ1) is 21.9. The molecule has 0 aliphatic carbocycles. The summed E-state index contributed by atoms with van der Waals surface area (Å²) in [5.74, 6) is -0.0366. The van der Waals surface area contributed by atoms with Crippen molar-refractivity contribution >= 4 is 42.1 Å². The molecule has 7 heteroatoms. The Morgan fingerprint density at radius 2 is 1.83 bits per heavy atom. The van der Waals surface area contributed by atoms with E-state index in [1.807, 2.05) is 37.3 Å². The molecule has 128 valence electrons. The van der Waals surface area contributed by atoms with E-state index in [1.54, 1.807) is 0 Å². The van der Waals surface area contributed by atoms with Crippen LogP contribution in [0.5, 0.6) is 0 Å². The van der Waals surface area contributed by atoms with Gasteiger partial charge in [0.25, 0.3) is 5.91 Å². The summed E-state index contributed by atoms with van der Waals surface area (Å²) in [5, 5.41) is 7.08.